The van der Waals surface area contributed by atoms with Crippen molar-refractivity contribution in [3.8, 4) is 0 Å². The number of methoxy groups -OCH3 is 1. The van der Waals surface area contributed by atoms with Crippen LogP contribution in [-0.4, -0.2) is 41.3 Å². The number of anilines is 1. The minimum Gasteiger partial charge on any atom is -0.465 e. The second-order valence-corrected chi connectivity index (χ2v) is 4.01. The summed E-state index contributed by atoms with van der Waals surface area (Å²) < 4.78 is 4.73. The molecule has 0 aliphatic rings. The molecule has 0 bridgehead atoms. The summed E-state index contributed by atoms with van der Waals surface area (Å²) in [5.74, 6) is -0.476. The predicted octanol–water partition coefficient (Wildman–Crippen LogP) is 1.13. The van der Waals surface area contributed by atoms with E-state index in [0.717, 1.165) is 11.1 Å². The van der Waals surface area contributed by atoms with E-state index in [2.05, 4.69) is 15.3 Å². The Labute approximate surface area is 110 Å². The average molecular weight is 261 g/mol. The predicted molar refractivity (Wildman–Crippen MR) is 71.2 cm³/mol. The fraction of sp³-hybridized carbons (Fsp3) is 0.308. The fourth-order valence-corrected chi connectivity index (χ4v) is 1.81. The molecule has 19 heavy (non-hydrogen) atoms. The lowest BCUT2D eigenvalue weighted by atomic mass is 10.1. The normalized spacial score (nSPS) is 10.5. The molecule has 0 aliphatic heterocycles. The minimum absolute atomic E-state index is 0.0380. The lowest BCUT2D eigenvalue weighted by molar-refractivity contribution is 0.0601. The Morgan fingerprint density at radius 2 is 2.26 bits per heavy atom. The van der Waals surface area contributed by atoms with Gasteiger partial charge in [-0.3, -0.25) is 0 Å². The van der Waals surface area contributed by atoms with Gasteiger partial charge in [0.2, 0.25) is 0 Å². The van der Waals surface area contributed by atoms with E-state index in [1.54, 1.807) is 0 Å². The number of carbonyl (C=O) groups excluding carboxylic acids is 1. The third kappa shape index (κ3) is 2.63. The van der Waals surface area contributed by atoms with E-state index in [4.69, 9.17) is 9.84 Å². The highest BCUT2D eigenvalue weighted by Gasteiger charge is 2.16. The summed E-state index contributed by atoms with van der Waals surface area (Å²) in [5.41, 5.74) is 2.31. The average Bonchev–Trinajstić information content (AvgIpc) is 2.43. The second kappa shape index (κ2) is 5.62. The van der Waals surface area contributed by atoms with E-state index in [1.165, 1.54) is 13.3 Å². The summed E-state index contributed by atoms with van der Waals surface area (Å²) in [6.07, 6.45) is 1.43. The highest BCUT2D eigenvalue weighted by atomic mass is 16.5. The quantitative estimate of drug-likeness (QED) is 0.803. The number of nitrogens with zero attached hydrogens (tertiary/aromatic N) is 2. The number of carbonyl (C=O) groups is 1. The number of aliphatic hydroxyl groups excluding tert-OH is 1. The SMILES string of the molecule is COC(=O)c1cnc2nc(C)ccc2c1NCCO. The van der Waals surface area contributed by atoms with Crippen molar-refractivity contribution in [1.29, 1.82) is 0 Å². The first kappa shape index (κ1) is 13.2. The number of aryl methyl sites for hydroxylation is 1. The lowest BCUT2D eigenvalue weighted by Crippen LogP contribution is -2.12. The van der Waals surface area contributed by atoms with Gasteiger partial charge in [-0.1, -0.05) is 0 Å². The van der Waals surface area contributed by atoms with E-state index in [9.17, 15) is 4.79 Å². The summed E-state index contributed by atoms with van der Waals surface area (Å²) in [4.78, 5) is 20.2. The molecule has 0 aromatic carbocycles. The Bertz CT molecular complexity index is 613. The van der Waals surface area contributed by atoms with Gasteiger partial charge in [0.1, 0.15) is 5.56 Å². The number of aliphatic hydroxyl groups is 1. The number of aromatic nitrogens is 2. The van der Waals surface area contributed by atoms with Gasteiger partial charge in [0.15, 0.2) is 5.65 Å². The number of nitrogens with one attached hydrogen (secondary N) is 1. The van der Waals surface area contributed by atoms with E-state index >= 15 is 0 Å². The Kier molecular flexibility index (Phi) is 3.91. The van der Waals surface area contributed by atoms with Gasteiger partial charge in [0, 0.05) is 23.8 Å². The molecule has 6 heteroatoms. The molecule has 0 saturated heterocycles. The van der Waals surface area contributed by atoms with E-state index in [1.807, 2.05) is 19.1 Å². The largest absolute Gasteiger partial charge is 0.465 e. The van der Waals surface area contributed by atoms with Gasteiger partial charge < -0.3 is 15.2 Å². The molecule has 2 heterocycles. The maximum atomic E-state index is 11.7. The number of hydrogen-bond acceptors (Lipinski definition) is 6. The van der Waals surface area contributed by atoms with Crippen LogP contribution in [0, 0.1) is 6.92 Å². The van der Waals surface area contributed by atoms with Crippen molar-refractivity contribution in [2.45, 2.75) is 6.92 Å². The summed E-state index contributed by atoms with van der Waals surface area (Å²) in [6, 6.07) is 3.69. The molecule has 0 saturated carbocycles. The summed E-state index contributed by atoms with van der Waals surface area (Å²) in [6.45, 7) is 2.16. The summed E-state index contributed by atoms with van der Waals surface area (Å²) >= 11 is 0. The molecule has 2 aromatic rings. The van der Waals surface area contributed by atoms with Crippen molar-refractivity contribution in [2.75, 3.05) is 25.6 Å². The topological polar surface area (TPSA) is 84.3 Å². The van der Waals surface area contributed by atoms with Gasteiger partial charge in [-0.05, 0) is 19.1 Å². The molecule has 6 nitrogen and oxygen atoms in total. The molecule has 0 fully saturated rings. The Hall–Kier alpha value is -2.21. The van der Waals surface area contributed by atoms with Crippen LogP contribution in [0.2, 0.25) is 0 Å². The number of rotatable bonds is 4. The Morgan fingerprint density at radius 3 is 2.95 bits per heavy atom. The van der Waals surface area contributed by atoms with Crippen LogP contribution in [0.3, 0.4) is 0 Å². The van der Waals surface area contributed by atoms with Crippen LogP contribution >= 0.6 is 0 Å². The Morgan fingerprint density at radius 1 is 1.47 bits per heavy atom. The van der Waals surface area contributed by atoms with Gasteiger partial charge in [0.25, 0.3) is 0 Å². The molecular formula is C13H15N3O3. The molecule has 0 radical (unpaired) electrons. The minimum atomic E-state index is -0.476. The second-order valence-electron chi connectivity index (χ2n) is 4.01. The molecule has 0 spiro atoms. The van der Waals surface area contributed by atoms with Crippen LogP contribution in [0.15, 0.2) is 18.3 Å². The van der Waals surface area contributed by atoms with Crippen LogP contribution in [0.4, 0.5) is 5.69 Å². The lowest BCUT2D eigenvalue weighted by Gasteiger charge is -2.12. The number of esters is 1. The standard InChI is InChI=1S/C13H15N3O3/c1-8-3-4-9-11(14-5-6-17)10(13(18)19-2)7-15-12(9)16-8/h3-4,7,17H,5-6H2,1-2H3,(H,14,15,16). The van der Waals surface area contributed by atoms with E-state index in [0.29, 0.717) is 23.4 Å². The highest BCUT2D eigenvalue weighted by Crippen LogP contribution is 2.25. The zero-order valence-electron chi connectivity index (χ0n) is 10.8. The molecule has 0 unspecified atom stereocenters. The zero-order valence-corrected chi connectivity index (χ0v) is 10.8. The van der Waals surface area contributed by atoms with Gasteiger partial charge in [-0.2, -0.15) is 0 Å². The van der Waals surface area contributed by atoms with Crippen molar-refractivity contribution in [3.63, 3.8) is 0 Å². The zero-order chi connectivity index (χ0) is 13.8. The first-order chi connectivity index (χ1) is 9.17. The first-order valence-corrected chi connectivity index (χ1v) is 5.86. The third-order valence-electron chi connectivity index (χ3n) is 2.69. The van der Waals surface area contributed by atoms with Crippen LogP contribution in [-0.2, 0) is 4.74 Å². The van der Waals surface area contributed by atoms with E-state index in [-0.39, 0.29) is 6.61 Å². The van der Waals surface area contributed by atoms with Crippen LogP contribution < -0.4 is 5.32 Å². The maximum absolute atomic E-state index is 11.7. The van der Waals surface area contributed by atoms with Gasteiger partial charge in [-0.25, -0.2) is 14.8 Å². The van der Waals surface area contributed by atoms with Crippen LogP contribution in [0.5, 0.6) is 0 Å². The molecule has 0 atom stereocenters. The molecule has 2 aromatic heterocycles. The van der Waals surface area contributed by atoms with Gasteiger partial charge in [-0.15, -0.1) is 0 Å². The van der Waals surface area contributed by atoms with E-state index < -0.39 is 5.97 Å². The highest BCUT2D eigenvalue weighted by molar-refractivity contribution is 6.04. The maximum Gasteiger partial charge on any atom is 0.341 e. The first-order valence-electron chi connectivity index (χ1n) is 5.86. The number of ether oxygens (including phenoxy) is 1. The molecular weight excluding hydrogens is 246 g/mol. The molecule has 2 N–H and O–H groups in total. The van der Waals surface area contributed by atoms with Gasteiger partial charge >= 0.3 is 5.97 Å². The monoisotopic (exact) mass is 261 g/mol. The number of fused-ring (bicyclic) bond motifs is 1. The number of pyridine rings is 2. The number of hydrogen-bond donors (Lipinski definition) is 2. The summed E-state index contributed by atoms with van der Waals surface area (Å²) in [7, 11) is 1.32. The third-order valence-corrected chi connectivity index (χ3v) is 2.69. The van der Waals surface area contributed by atoms with Crippen molar-refractivity contribution in [3.05, 3.63) is 29.6 Å². The summed E-state index contributed by atoms with van der Waals surface area (Å²) in [5, 5.41) is 12.7. The molecule has 0 aliphatic carbocycles. The van der Waals surface area contributed by atoms with Gasteiger partial charge in [0.05, 0.1) is 19.4 Å². The molecule has 2 rings (SSSR count). The Balaban J connectivity index is 2.62. The van der Waals surface area contributed by atoms with Crippen molar-refractivity contribution in [1.82, 2.24) is 9.97 Å². The van der Waals surface area contributed by atoms with Crippen molar-refractivity contribution in [2.24, 2.45) is 0 Å². The molecule has 100 valence electrons. The van der Waals surface area contributed by atoms with Crippen molar-refractivity contribution >= 4 is 22.7 Å². The fourth-order valence-electron chi connectivity index (χ4n) is 1.81. The van der Waals surface area contributed by atoms with Crippen LogP contribution in [0.1, 0.15) is 16.1 Å². The van der Waals surface area contributed by atoms with Crippen molar-refractivity contribution < 1.29 is 14.6 Å². The smallest absolute Gasteiger partial charge is 0.341 e. The molecule has 0 amide bonds. The van der Waals surface area contributed by atoms with Crippen LogP contribution in [0.25, 0.3) is 11.0 Å².